The van der Waals surface area contributed by atoms with E-state index in [2.05, 4.69) is 47.6 Å². The fourth-order valence-corrected chi connectivity index (χ4v) is 3.85. The summed E-state index contributed by atoms with van der Waals surface area (Å²) in [6.07, 6.45) is 0.262. The van der Waals surface area contributed by atoms with Gasteiger partial charge >= 0.3 is 0 Å². The maximum atomic E-state index is 13.2. The van der Waals surface area contributed by atoms with Gasteiger partial charge in [-0.2, -0.15) is 9.94 Å². The summed E-state index contributed by atoms with van der Waals surface area (Å²) in [6.45, 7) is 6.46. The third-order valence-corrected chi connectivity index (χ3v) is 5.68. The van der Waals surface area contributed by atoms with Gasteiger partial charge in [0.1, 0.15) is 0 Å². The Bertz CT molecular complexity index is 1010. The second kappa shape index (κ2) is 10.0. The first-order valence-corrected chi connectivity index (χ1v) is 10.7. The van der Waals surface area contributed by atoms with Gasteiger partial charge in [-0.1, -0.05) is 55.9 Å². The minimum absolute atomic E-state index is 0.0915. The normalized spacial score (nSPS) is 11.8. The van der Waals surface area contributed by atoms with Gasteiger partial charge in [0.15, 0.2) is 0 Å². The zero-order valence-corrected chi connectivity index (χ0v) is 18.1. The molecule has 2 aromatic carbocycles. The first-order valence-electron chi connectivity index (χ1n) is 9.80. The van der Waals surface area contributed by atoms with E-state index in [0.717, 1.165) is 11.4 Å². The Labute approximate surface area is 180 Å². The van der Waals surface area contributed by atoms with E-state index in [9.17, 15) is 4.79 Å². The number of nitriles is 1. The molecule has 0 aliphatic heterocycles. The zero-order valence-electron chi connectivity index (χ0n) is 17.3. The highest BCUT2D eigenvalue weighted by Crippen LogP contribution is 2.27. The lowest BCUT2D eigenvalue weighted by Gasteiger charge is -2.24. The predicted octanol–water partition coefficient (Wildman–Crippen LogP) is 4.21. The van der Waals surface area contributed by atoms with E-state index in [1.54, 1.807) is 9.58 Å². The number of para-hydroxylation sites is 1. The van der Waals surface area contributed by atoms with E-state index < -0.39 is 5.25 Å². The summed E-state index contributed by atoms with van der Waals surface area (Å²) in [6, 6.07) is 19.6. The number of tetrazole rings is 1. The summed E-state index contributed by atoms with van der Waals surface area (Å²) in [5.74, 6) is 0.350. The molecule has 154 valence electrons. The molecule has 0 spiro atoms. The number of hydrogen-bond donors (Lipinski definition) is 0. The molecule has 3 rings (SSSR count). The second-order valence-electron chi connectivity index (χ2n) is 7.11. The van der Waals surface area contributed by atoms with Crippen molar-refractivity contribution in [3.05, 3.63) is 60.2 Å². The Morgan fingerprint density at radius 3 is 2.47 bits per heavy atom. The number of benzene rings is 2. The highest BCUT2D eigenvalue weighted by molar-refractivity contribution is 8.00. The van der Waals surface area contributed by atoms with Crippen LogP contribution in [0, 0.1) is 11.3 Å². The van der Waals surface area contributed by atoms with Gasteiger partial charge in [-0.3, -0.25) is 4.79 Å². The minimum Gasteiger partial charge on any atom is -0.310 e. The van der Waals surface area contributed by atoms with Crippen molar-refractivity contribution in [1.29, 1.82) is 5.26 Å². The van der Waals surface area contributed by atoms with Crippen LogP contribution >= 0.6 is 11.8 Å². The van der Waals surface area contributed by atoms with E-state index in [0.29, 0.717) is 17.6 Å². The number of carbonyl (C=O) groups is 1. The van der Waals surface area contributed by atoms with E-state index in [4.69, 9.17) is 5.26 Å². The van der Waals surface area contributed by atoms with Crippen LogP contribution in [0.5, 0.6) is 0 Å². The SMILES string of the molecule is CC(C)c1ccc(-n2nnnc2S[C@H](C)C(=O)N(CCC#N)c2ccccc2)cc1. The Morgan fingerprint density at radius 2 is 1.83 bits per heavy atom. The number of amides is 1. The van der Waals surface area contributed by atoms with Gasteiger partial charge in [-0.25, -0.2) is 0 Å². The first kappa shape index (κ1) is 21.5. The maximum absolute atomic E-state index is 13.2. The van der Waals surface area contributed by atoms with Crippen LogP contribution < -0.4 is 4.90 Å². The van der Waals surface area contributed by atoms with Crippen LogP contribution in [0.3, 0.4) is 0 Å². The highest BCUT2D eigenvalue weighted by Gasteiger charge is 2.25. The van der Waals surface area contributed by atoms with Crippen LogP contribution in [0.4, 0.5) is 5.69 Å². The molecule has 7 nitrogen and oxygen atoms in total. The van der Waals surface area contributed by atoms with Gasteiger partial charge in [-0.15, -0.1) is 5.10 Å². The molecule has 0 fully saturated rings. The molecule has 0 radical (unpaired) electrons. The third kappa shape index (κ3) is 5.05. The van der Waals surface area contributed by atoms with Crippen LogP contribution in [0.1, 0.15) is 38.7 Å². The molecule has 0 N–H and O–H groups in total. The average Bonchev–Trinajstić information content (AvgIpc) is 3.22. The monoisotopic (exact) mass is 420 g/mol. The number of rotatable bonds is 8. The Kier molecular flexibility index (Phi) is 7.20. The van der Waals surface area contributed by atoms with E-state index in [-0.39, 0.29) is 12.3 Å². The lowest BCUT2D eigenvalue weighted by atomic mass is 10.0. The Hall–Kier alpha value is -3.18. The molecule has 0 aliphatic carbocycles. The summed E-state index contributed by atoms with van der Waals surface area (Å²) in [5, 5.41) is 21.1. The van der Waals surface area contributed by atoms with Crippen molar-refractivity contribution in [3.8, 4) is 11.8 Å². The quantitative estimate of drug-likeness (QED) is 0.507. The second-order valence-corrected chi connectivity index (χ2v) is 8.42. The van der Waals surface area contributed by atoms with Crippen molar-refractivity contribution in [2.75, 3.05) is 11.4 Å². The number of aromatic nitrogens is 4. The van der Waals surface area contributed by atoms with Crippen molar-refractivity contribution >= 4 is 23.4 Å². The van der Waals surface area contributed by atoms with Crippen molar-refractivity contribution in [2.45, 2.75) is 43.5 Å². The molecule has 0 aliphatic rings. The fourth-order valence-electron chi connectivity index (χ4n) is 2.98. The van der Waals surface area contributed by atoms with Gasteiger partial charge in [0, 0.05) is 12.2 Å². The van der Waals surface area contributed by atoms with Crippen molar-refractivity contribution in [3.63, 3.8) is 0 Å². The van der Waals surface area contributed by atoms with Crippen molar-refractivity contribution in [1.82, 2.24) is 20.2 Å². The molecule has 1 amide bonds. The lowest BCUT2D eigenvalue weighted by Crippen LogP contribution is -2.37. The minimum atomic E-state index is -0.427. The lowest BCUT2D eigenvalue weighted by molar-refractivity contribution is -0.117. The number of anilines is 1. The summed E-state index contributed by atoms with van der Waals surface area (Å²) >= 11 is 1.30. The summed E-state index contributed by atoms with van der Waals surface area (Å²) in [7, 11) is 0. The molecule has 1 atom stereocenters. The van der Waals surface area contributed by atoms with Crippen LogP contribution in [0.15, 0.2) is 59.8 Å². The topological polar surface area (TPSA) is 87.7 Å². The summed E-state index contributed by atoms with van der Waals surface area (Å²) in [5.41, 5.74) is 2.85. The van der Waals surface area contributed by atoms with Gasteiger partial charge < -0.3 is 4.90 Å². The Balaban J connectivity index is 1.78. The van der Waals surface area contributed by atoms with Gasteiger partial charge in [0.25, 0.3) is 0 Å². The molecular formula is C22H24N6OS. The summed E-state index contributed by atoms with van der Waals surface area (Å²) < 4.78 is 1.64. The molecule has 1 heterocycles. The van der Waals surface area contributed by atoms with Gasteiger partial charge in [0.2, 0.25) is 11.1 Å². The summed E-state index contributed by atoms with van der Waals surface area (Å²) in [4.78, 5) is 14.8. The van der Waals surface area contributed by atoms with E-state index in [1.165, 1.54) is 17.3 Å². The highest BCUT2D eigenvalue weighted by atomic mass is 32.2. The Morgan fingerprint density at radius 1 is 1.13 bits per heavy atom. The molecule has 3 aromatic rings. The van der Waals surface area contributed by atoms with Crippen LogP contribution in [0.2, 0.25) is 0 Å². The molecule has 0 unspecified atom stereocenters. The van der Waals surface area contributed by atoms with Crippen LogP contribution in [-0.4, -0.2) is 37.9 Å². The maximum Gasteiger partial charge on any atom is 0.240 e. The van der Waals surface area contributed by atoms with Crippen LogP contribution in [0.25, 0.3) is 5.69 Å². The van der Waals surface area contributed by atoms with Crippen molar-refractivity contribution in [2.24, 2.45) is 0 Å². The first-order chi connectivity index (χ1) is 14.5. The van der Waals surface area contributed by atoms with E-state index in [1.807, 2.05) is 49.4 Å². The number of hydrogen-bond acceptors (Lipinski definition) is 6. The molecule has 0 saturated carbocycles. The molecule has 0 saturated heterocycles. The third-order valence-electron chi connectivity index (χ3n) is 4.66. The van der Waals surface area contributed by atoms with Gasteiger partial charge in [0.05, 0.1) is 23.4 Å². The molecule has 8 heteroatoms. The average molecular weight is 421 g/mol. The van der Waals surface area contributed by atoms with Gasteiger partial charge in [-0.05, 0) is 53.1 Å². The fraction of sp³-hybridized carbons (Fsp3) is 0.318. The smallest absolute Gasteiger partial charge is 0.240 e. The number of thioether (sulfide) groups is 1. The molecule has 0 bridgehead atoms. The van der Waals surface area contributed by atoms with Crippen LogP contribution in [-0.2, 0) is 4.79 Å². The predicted molar refractivity (Wildman–Crippen MR) is 118 cm³/mol. The number of nitrogens with zero attached hydrogens (tertiary/aromatic N) is 6. The number of carbonyl (C=O) groups excluding carboxylic acids is 1. The molecular weight excluding hydrogens is 396 g/mol. The van der Waals surface area contributed by atoms with Crippen molar-refractivity contribution < 1.29 is 4.79 Å². The molecule has 1 aromatic heterocycles. The largest absolute Gasteiger partial charge is 0.310 e. The standard InChI is InChI=1S/C22H24N6OS/c1-16(2)18-10-12-20(13-11-18)28-22(24-25-26-28)30-17(3)21(29)27(15-7-14-23)19-8-5-4-6-9-19/h4-6,8-13,16-17H,7,15H2,1-3H3/t17-/m1/s1. The van der Waals surface area contributed by atoms with E-state index >= 15 is 0 Å². The molecule has 30 heavy (non-hydrogen) atoms. The zero-order chi connectivity index (χ0) is 21.5.